The Kier molecular flexibility index (Phi) is 5.09. The largest absolute Gasteiger partial charge is 0.326 e. The van der Waals surface area contributed by atoms with Gasteiger partial charge < -0.3 is 5.73 Å². The second-order valence-electron chi connectivity index (χ2n) is 6.52. The van der Waals surface area contributed by atoms with Crippen LogP contribution in [0.3, 0.4) is 0 Å². The van der Waals surface area contributed by atoms with Gasteiger partial charge in [-0.25, -0.2) is 0 Å². The molecular weight excluding hydrogens is 320 g/mol. The van der Waals surface area contributed by atoms with Gasteiger partial charge in [-0.3, -0.25) is 4.90 Å². The number of hydrogen-bond acceptors (Lipinski definition) is 3. The molecule has 0 aromatic carbocycles. The molecule has 19 heavy (non-hydrogen) atoms. The molecule has 1 aromatic rings. The van der Waals surface area contributed by atoms with Crippen LogP contribution in [0.15, 0.2) is 15.9 Å². The van der Waals surface area contributed by atoms with E-state index in [2.05, 4.69) is 53.0 Å². The zero-order chi connectivity index (χ0) is 14.0. The maximum Gasteiger partial charge on any atom is 0.0591 e. The van der Waals surface area contributed by atoms with Crippen LogP contribution in [-0.4, -0.2) is 24.0 Å². The molecule has 2 N–H and O–H groups in total. The Labute approximate surface area is 129 Å². The van der Waals surface area contributed by atoms with E-state index in [1.165, 1.54) is 35.2 Å². The second kappa shape index (κ2) is 6.25. The van der Waals surface area contributed by atoms with Crippen molar-refractivity contribution >= 4 is 27.3 Å². The highest BCUT2D eigenvalue weighted by molar-refractivity contribution is 9.10. The first-order valence-corrected chi connectivity index (χ1v) is 8.80. The summed E-state index contributed by atoms with van der Waals surface area (Å²) in [7, 11) is 0. The molecule has 108 valence electrons. The van der Waals surface area contributed by atoms with E-state index in [1.54, 1.807) is 0 Å². The predicted molar refractivity (Wildman–Crippen MR) is 87.6 cm³/mol. The molecule has 0 spiro atoms. The molecule has 1 fully saturated rings. The summed E-state index contributed by atoms with van der Waals surface area (Å²) >= 11 is 5.38. The molecule has 0 radical (unpaired) electrons. The van der Waals surface area contributed by atoms with Gasteiger partial charge in [0.1, 0.15) is 0 Å². The van der Waals surface area contributed by atoms with Crippen molar-refractivity contribution in [2.24, 2.45) is 11.1 Å². The van der Waals surface area contributed by atoms with Crippen molar-refractivity contribution in [1.29, 1.82) is 0 Å². The Morgan fingerprint density at radius 3 is 2.68 bits per heavy atom. The van der Waals surface area contributed by atoms with Gasteiger partial charge in [0.05, 0.1) is 6.04 Å². The van der Waals surface area contributed by atoms with Gasteiger partial charge in [0.15, 0.2) is 0 Å². The molecule has 2 nitrogen and oxygen atoms in total. The van der Waals surface area contributed by atoms with Crippen molar-refractivity contribution in [3.05, 3.63) is 20.8 Å². The van der Waals surface area contributed by atoms with Crippen LogP contribution < -0.4 is 5.73 Å². The lowest BCUT2D eigenvalue weighted by Crippen LogP contribution is -2.39. The van der Waals surface area contributed by atoms with Crippen molar-refractivity contribution in [3.8, 4) is 0 Å². The van der Waals surface area contributed by atoms with Gasteiger partial charge in [0.2, 0.25) is 0 Å². The van der Waals surface area contributed by atoms with E-state index in [4.69, 9.17) is 5.73 Å². The minimum absolute atomic E-state index is 0.173. The summed E-state index contributed by atoms with van der Waals surface area (Å²) in [6.07, 6.45) is 3.87. The lowest BCUT2D eigenvalue weighted by molar-refractivity contribution is 0.178. The number of halogens is 1. The normalized spacial score (nSPS) is 23.8. The van der Waals surface area contributed by atoms with Gasteiger partial charge in [-0.15, -0.1) is 11.3 Å². The van der Waals surface area contributed by atoms with Crippen molar-refractivity contribution in [3.63, 3.8) is 0 Å². The summed E-state index contributed by atoms with van der Waals surface area (Å²) in [5.41, 5.74) is 6.76. The molecule has 0 aliphatic carbocycles. The molecule has 0 bridgehead atoms. The fourth-order valence-corrected chi connectivity index (χ4v) is 4.67. The lowest BCUT2D eigenvalue weighted by Gasteiger charge is -2.33. The van der Waals surface area contributed by atoms with E-state index in [0.29, 0.717) is 11.5 Å². The Balaban J connectivity index is 2.15. The van der Waals surface area contributed by atoms with Crippen LogP contribution in [0.1, 0.15) is 51.0 Å². The highest BCUT2D eigenvalue weighted by Gasteiger charge is 2.30. The predicted octanol–water partition coefficient (Wildman–Crippen LogP) is 4.41. The SMILES string of the molecule is CC(N)C(c1cc(Br)cs1)N1CCCC(C)(C)CC1. The van der Waals surface area contributed by atoms with Gasteiger partial charge in [0, 0.05) is 20.8 Å². The first-order valence-electron chi connectivity index (χ1n) is 7.13. The zero-order valence-electron chi connectivity index (χ0n) is 12.2. The standard InChI is InChI=1S/C15H25BrN2S/c1-11(17)14(13-9-12(16)10-19-13)18-7-4-5-15(2,3)6-8-18/h9-11,14H,4-8,17H2,1-3H3. The van der Waals surface area contributed by atoms with Gasteiger partial charge in [0.25, 0.3) is 0 Å². The average Bonchev–Trinajstić information content (AvgIpc) is 2.63. The molecule has 1 aliphatic heterocycles. The fraction of sp³-hybridized carbons (Fsp3) is 0.733. The summed E-state index contributed by atoms with van der Waals surface area (Å²) in [5.74, 6) is 0. The van der Waals surface area contributed by atoms with Crippen LogP contribution in [0.25, 0.3) is 0 Å². The van der Waals surface area contributed by atoms with E-state index < -0.39 is 0 Å². The van der Waals surface area contributed by atoms with Crippen LogP contribution in [0.5, 0.6) is 0 Å². The maximum absolute atomic E-state index is 6.28. The fourth-order valence-electron chi connectivity index (χ4n) is 2.98. The summed E-state index contributed by atoms with van der Waals surface area (Å²) in [5, 5.41) is 2.16. The Hall–Kier alpha value is 0.1000. The quantitative estimate of drug-likeness (QED) is 0.879. The van der Waals surface area contributed by atoms with E-state index >= 15 is 0 Å². The van der Waals surface area contributed by atoms with Crippen LogP contribution >= 0.6 is 27.3 Å². The van der Waals surface area contributed by atoms with Crippen LogP contribution in [-0.2, 0) is 0 Å². The van der Waals surface area contributed by atoms with Crippen LogP contribution in [0.2, 0.25) is 0 Å². The number of likely N-dealkylation sites (tertiary alicyclic amines) is 1. The molecule has 1 aliphatic rings. The smallest absolute Gasteiger partial charge is 0.0591 e. The minimum Gasteiger partial charge on any atom is -0.326 e. The van der Waals surface area contributed by atoms with Crippen LogP contribution in [0, 0.1) is 5.41 Å². The number of nitrogens with zero attached hydrogens (tertiary/aromatic N) is 1. The summed E-state index contributed by atoms with van der Waals surface area (Å²) in [6.45, 7) is 9.24. The van der Waals surface area contributed by atoms with E-state index in [-0.39, 0.29) is 6.04 Å². The molecule has 2 heterocycles. The van der Waals surface area contributed by atoms with Gasteiger partial charge >= 0.3 is 0 Å². The highest BCUT2D eigenvalue weighted by Crippen LogP contribution is 2.36. The molecule has 0 saturated carbocycles. The molecule has 1 aromatic heterocycles. The third-order valence-corrected chi connectivity index (χ3v) is 5.91. The van der Waals surface area contributed by atoms with Crippen molar-refractivity contribution in [2.45, 2.75) is 52.1 Å². The van der Waals surface area contributed by atoms with Gasteiger partial charge in [-0.1, -0.05) is 13.8 Å². The van der Waals surface area contributed by atoms with Crippen molar-refractivity contribution in [1.82, 2.24) is 4.90 Å². The zero-order valence-corrected chi connectivity index (χ0v) is 14.6. The molecule has 1 saturated heterocycles. The number of rotatable bonds is 3. The molecule has 2 atom stereocenters. The number of nitrogens with two attached hydrogens (primary N) is 1. The molecule has 0 amide bonds. The Bertz CT molecular complexity index is 414. The number of thiophene rings is 1. The first-order chi connectivity index (χ1) is 8.89. The topological polar surface area (TPSA) is 29.3 Å². The molecule has 2 rings (SSSR count). The lowest BCUT2D eigenvalue weighted by atomic mass is 9.85. The average molecular weight is 345 g/mol. The minimum atomic E-state index is 0.173. The maximum atomic E-state index is 6.28. The summed E-state index contributed by atoms with van der Waals surface area (Å²) in [4.78, 5) is 3.99. The van der Waals surface area contributed by atoms with Gasteiger partial charge in [-0.2, -0.15) is 0 Å². The molecule has 4 heteroatoms. The van der Waals surface area contributed by atoms with Crippen LogP contribution in [0.4, 0.5) is 0 Å². The van der Waals surface area contributed by atoms with Crippen molar-refractivity contribution < 1.29 is 0 Å². The Morgan fingerprint density at radius 2 is 2.11 bits per heavy atom. The monoisotopic (exact) mass is 344 g/mol. The van der Waals surface area contributed by atoms with E-state index in [9.17, 15) is 0 Å². The molecule has 2 unspecified atom stereocenters. The van der Waals surface area contributed by atoms with Gasteiger partial charge in [-0.05, 0) is 66.7 Å². The highest BCUT2D eigenvalue weighted by atomic mass is 79.9. The molecular formula is C15H25BrN2S. The van der Waals surface area contributed by atoms with Crippen molar-refractivity contribution in [2.75, 3.05) is 13.1 Å². The Morgan fingerprint density at radius 1 is 1.37 bits per heavy atom. The number of hydrogen-bond donors (Lipinski definition) is 1. The van der Waals surface area contributed by atoms with E-state index in [0.717, 1.165) is 6.54 Å². The van der Waals surface area contributed by atoms with E-state index in [1.807, 2.05) is 11.3 Å². The third kappa shape index (κ3) is 4.03. The summed E-state index contributed by atoms with van der Waals surface area (Å²) < 4.78 is 1.17. The summed E-state index contributed by atoms with van der Waals surface area (Å²) in [6, 6.07) is 2.77. The third-order valence-electron chi connectivity index (χ3n) is 4.15. The second-order valence-corrected chi connectivity index (χ2v) is 8.38. The first kappa shape index (κ1) is 15.5.